The number of nitrogens with one attached hydrogen (secondary N) is 1. The van der Waals surface area contributed by atoms with Crippen molar-refractivity contribution in [2.75, 3.05) is 18.3 Å². The lowest BCUT2D eigenvalue weighted by Crippen LogP contribution is -2.36. The Labute approximate surface area is 82.1 Å². The molecule has 0 saturated heterocycles. The highest BCUT2D eigenvalue weighted by molar-refractivity contribution is 7.98. The van der Waals surface area contributed by atoms with E-state index in [4.69, 9.17) is 0 Å². The Balaban J connectivity index is 2.51. The number of H-pyrrole nitrogens is 1. The molecule has 0 aromatic carbocycles. The Kier molecular flexibility index (Phi) is 4.61. The molecule has 1 heterocycles. The zero-order chi connectivity index (χ0) is 8.81. The van der Waals surface area contributed by atoms with E-state index in [1.165, 1.54) is 11.6 Å². The molecular weight excluding hydrogens is 188 g/mol. The summed E-state index contributed by atoms with van der Waals surface area (Å²) in [4.78, 5) is 3.25. The molecule has 1 rings (SSSR count). The molecule has 0 radical (unpaired) electrons. The minimum absolute atomic E-state index is 1.07. The fourth-order valence-corrected chi connectivity index (χ4v) is 1.96. The monoisotopic (exact) mass is 203 g/mol. The van der Waals surface area contributed by atoms with Crippen LogP contribution in [0.2, 0.25) is 0 Å². The van der Waals surface area contributed by atoms with Crippen molar-refractivity contribution in [2.45, 2.75) is 12.3 Å². The van der Waals surface area contributed by atoms with Crippen molar-refractivity contribution in [2.24, 2.45) is 0 Å². The molecule has 1 aromatic rings. The van der Waals surface area contributed by atoms with E-state index in [1.807, 2.05) is 29.7 Å². The van der Waals surface area contributed by atoms with Crippen LogP contribution in [-0.4, -0.2) is 23.2 Å². The van der Waals surface area contributed by atoms with E-state index in [-0.39, 0.29) is 0 Å². The first kappa shape index (κ1) is 9.99. The summed E-state index contributed by atoms with van der Waals surface area (Å²) in [6.45, 7) is 1.11. The van der Waals surface area contributed by atoms with Crippen LogP contribution in [0.1, 0.15) is 5.82 Å². The van der Waals surface area contributed by atoms with Crippen LogP contribution >= 0.6 is 23.5 Å². The van der Waals surface area contributed by atoms with Gasteiger partial charge in [0.15, 0.2) is 0 Å². The summed E-state index contributed by atoms with van der Waals surface area (Å²) in [6, 6.07) is 0. The predicted octanol–water partition coefficient (Wildman–Crippen LogP) is 1.53. The normalized spacial score (nSPS) is 10.5. The second kappa shape index (κ2) is 5.54. The SMILES string of the molecule is CSCC[n+]1cc[nH]c1CSC. The van der Waals surface area contributed by atoms with Gasteiger partial charge in [0.25, 0.3) is 5.82 Å². The molecule has 2 nitrogen and oxygen atoms in total. The van der Waals surface area contributed by atoms with Crippen molar-refractivity contribution >= 4 is 23.5 Å². The molecule has 0 atom stereocenters. The van der Waals surface area contributed by atoms with Crippen molar-refractivity contribution in [3.63, 3.8) is 0 Å². The van der Waals surface area contributed by atoms with E-state index in [9.17, 15) is 0 Å². The highest BCUT2D eigenvalue weighted by Crippen LogP contribution is 2.01. The average molecular weight is 203 g/mol. The van der Waals surface area contributed by atoms with Crippen LogP contribution in [0.4, 0.5) is 0 Å². The molecule has 0 aliphatic heterocycles. The van der Waals surface area contributed by atoms with Gasteiger partial charge in [-0.15, -0.1) is 0 Å². The number of aryl methyl sites for hydroxylation is 1. The molecule has 0 aliphatic carbocycles. The first-order valence-electron chi connectivity index (χ1n) is 3.92. The third-order valence-corrected chi connectivity index (χ3v) is 2.82. The maximum absolute atomic E-state index is 3.25. The van der Waals surface area contributed by atoms with E-state index in [0.29, 0.717) is 0 Å². The molecule has 0 aliphatic rings. The van der Waals surface area contributed by atoms with Gasteiger partial charge in [0.2, 0.25) is 0 Å². The van der Waals surface area contributed by atoms with Crippen molar-refractivity contribution in [3.05, 3.63) is 18.2 Å². The summed E-state index contributed by atoms with van der Waals surface area (Å²) in [7, 11) is 0. The Morgan fingerprint density at radius 3 is 2.92 bits per heavy atom. The van der Waals surface area contributed by atoms with Crippen LogP contribution < -0.4 is 4.57 Å². The first-order chi connectivity index (χ1) is 5.88. The molecule has 0 unspecified atom stereocenters. The smallest absolute Gasteiger partial charge is 0.247 e. The van der Waals surface area contributed by atoms with E-state index >= 15 is 0 Å². The van der Waals surface area contributed by atoms with E-state index in [0.717, 1.165) is 12.3 Å². The molecule has 0 saturated carbocycles. The second-order valence-electron chi connectivity index (χ2n) is 2.53. The molecule has 0 fully saturated rings. The minimum Gasteiger partial charge on any atom is -0.247 e. The summed E-state index contributed by atoms with van der Waals surface area (Å²) >= 11 is 3.73. The van der Waals surface area contributed by atoms with Gasteiger partial charge in [0.05, 0.1) is 12.3 Å². The number of hydrogen-bond donors (Lipinski definition) is 1. The van der Waals surface area contributed by atoms with E-state index in [1.54, 1.807) is 0 Å². The van der Waals surface area contributed by atoms with E-state index in [2.05, 4.69) is 28.3 Å². The fourth-order valence-electron chi connectivity index (χ4n) is 1.06. The summed E-state index contributed by atoms with van der Waals surface area (Å²) in [5.41, 5.74) is 0. The van der Waals surface area contributed by atoms with Crippen molar-refractivity contribution in [1.82, 2.24) is 4.98 Å². The van der Waals surface area contributed by atoms with Gasteiger partial charge in [0.1, 0.15) is 12.4 Å². The number of imidazole rings is 1. The topological polar surface area (TPSA) is 19.7 Å². The van der Waals surface area contributed by atoms with Gasteiger partial charge < -0.3 is 0 Å². The van der Waals surface area contributed by atoms with Gasteiger partial charge in [-0.05, 0) is 12.5 Å². The Bertz CT molecular complexity index is 223. The van der Waals surface area contributed by atoms with Crippen LogP contribution in [0.15, 0.2) is 12.4 Å². The van der Waals surface area contributed by atoms with Crippen molar-refractivity contribution < 1.29 is 4.57 Å². The molecule has 12 heavy (non-hydrogen) atoms. The van der Waals surface area contributed by atoms with E-state index < -0.39 is 0 Å². The fraction of sp³-hybridized carbons (Fsp3) is 0.625. The van der Waals surface area contributed by atoms with Gasteiger partial charge in [0, 0.05) is 5.75 Å². The van der Waals surface area contributed by atoms with Gasteiger partial charge in [-0.25, -0.2) is 9.55 Å². The number of rotatable bonds is 5. The van der Waals surface area contributed by atoms with Crippen LogP contribution in [0.25, 0.3) is 0 Å². The standard InChI is InChI=1S/C8H14N2S2/c1-11-6-5-10-4-3-9-8(10)7-12-2/h3-4H,5-7H2,1-2H3/p+1. The number of aromatic nitrogens is 2. The largest absolute Gasteiger partial charge is 0.264 e. The first-order valence-corrected chi connectivity index (χ1v) is 6.71. The predicted molar refractivity (Wildman–Crippen MR) is 56.6 cm³/mol. The summed E-state index contributed by atoms with van der Waals surface area (Å²) in [6.07, 6.45) is 8.38. The summed E-state index contributed by atoms with van der Waals surface area (Å²) < 4.78 is 2.28. The quantitative estimate of drug-likeness (QED) is 0.732. The lowest BCUT2D eigenvalue weighted by atomic mass is 10.6. The summed E-state index contributed by atoms with van der Waals surface area (Å²) in [5.74, 6) is 3.57. The molecule has 1 N–H and O–H groups in total. The Morgan fingerprint density at radius 1 is 1.42 bits per heavy atom. The molecule has 0 amide bonds. The zero-order valence-electron chi connectivity index (χ0n) is 7.54. The van der Waals surface area contributed by atoms with Gasteiger partial charge in [-0.2, -0.15) is 23.5 Å². The summed E-state index contributed by atoms with van der Waals surface area (Å²) in [5, 5.41) is 0. The number of aromatic amines is 1. The molecule has 0 bridgehead atoms. The third-order valence-electron chi connectivity index (χ3n) is 1.67. The maximum atomic E-state index is 3.25. The van der Waals surface area contributed by atoms with Crippen LogP contribution in [0.5, 0.6) is 0 Å². The van der Waals surface area contributed by atoms with Gasteiger partial charge in [-0.3, -0.25) is 0 Å². The Hall–Kier alpha value is -0.0900. The molecule has 0 spiro atoms. The molecule has 1 aromatic heterocycles. The van der Waals surface area contributed by atoms with Gasteiger partial charge in [-0.1, -0.05) is 0 Å². The highest BCUT2D eigenvalue weighted by Gasteiger charge is 2.07. The average Bonchev–Trinajstić information content (AvgIpc) is 2.50. The van der Waals surface area contributed by atoms with Gasteiger partial charge >= 0.3 is 0 Å². The van der Waals surface area contributed by atoms with Crippen LogP contribution in [0.3, 0.4) is 0 Å². The number of hydrogen-bond acceptors (Lipinski definition) is 2. The highest BCUT2D eigenvalue weighted by atomic mass is 32.2. The second-order valence-corrected chi connectivity index (χ2v) is 4.38. The maximum Gasteiger partial charge on any atom is 0.264 e. The lowest BCUT2D eigenvalue weighted by molar-refractivity contribution is -0.697. The minimum atomic E-state index is 1.07. The van der Waals surface area contributed by atoms with Crippen molar-refractivity contribution in [3.8, 4) is 0 Å². The zero-order valence-corrected chi connectivity index (χ0v) is 9.17. The lowest BCUT2D eigenvalue weighted by Gasteiger charge is -1.97. The molecule has 68 valence electrons. The Morgan fingerprint density at radius 2 is 2.25 bits per heavy atom. The number of nitrogens with zero attached hydrogens (tertiary/aromatic N) is 1. The van der Waals surface area contributed by atoms with Crippen LogP contribution in [-0.2, 0) is 12.3 Å². The molecular formula is C8H15N2S2+. The van der Waals surface area contributed by atoms with Crippen LogP contribution in [0, 0.1) is 0 Å². The van der Waals surface area contributed by atoms with Crippen molar-refractivity contribution in [1.29, 1.82) is 0 Å². The third kappa shape index (κ3) is 2.75. The molecule has 4 heteroatoms. The number of thioether (sulfide) groups is 2.